The van der Waals surface area contributed by atoms with Gasteiger partial charge in [-0.05, 0) is 44.9 Å². The van der Waals surface area contributed by atoms with Crippen LogP contribution in [0.2, 0.25) is 0 Å². The van der Waals surface area contributed by atoms with E-state index < -0.39 is 96.4 Å². The Morgan fingerprint density at radius 3 is 1.82 bits per heavy atom. The zero-order valence-electron chi connectivity index (χ0n) is 32.5. The summed E-state index contributed by atoms with van der Waals surface area (Å²) in [6.45, 7) is 13.0. The molecular weight excluding hydrogens is 658 g/mol. The molecular formula is C37H67N5O9. The zero-order chi connectivity index (χ0) is 38.8. The lowest BCUT2D eigenvalue weighted by Crippen LogP contribution is -2.62. The van der Waals surface area contributed by atoms with Gasteiger partial charge in [-0.3, -0.25) is 24.0 Å². The van der Waals surface area contributed by atoms with Crippen LogP contribution in [0.3, 0.4) is 0 Å². The summed E-state index contributed by atoms with van der Waals surface area (Å²) in [4.78, 5) is 82.7. The number of hydrogen-bond acceptors (Lipinski definition) is 9. The van der Waals surface area contributed by atoms with E-state index in [-0.39, 0.29) is 12.3 Å². The second kappa shape index (κ2) is 23.3. The van der Waals surface area contributed by atoms with Crippen LogP contribution in [0.25, 0.3) is 0 Å². The summed E-state index contributed by atoms with van der Waals surface area (Å²) >= 11 is 0. The van der Waals surface area contributed by atoms with Crippen LogP contribution in [-0.2, 0) is 33.5 Å². The Morgan fingerprint density at radius 2 is 1.29 bits per heavy atom. The Kier molecular flexibility index (Phi) is 20.9. The van der Waals surface area contributed by atoms with E-state index in [9.17, 15) is 39.0 Å². The molecule has 0 aromatic carbocycles. The molecule has 0 spiro atoms. The van der Waals surface area contributed by atoms with Crippen LogP contribution < -0.4 is 21.3 Å². The number of hydrogen-bond donors (Lipinski definition) is 6. The maximum atomic E-state index is 14.1. The predicted molar refractivity (Wildman–Crippen MR) is 194 cm³/mol. The van der Waals surface area contributed by atoms with Crippen molar-refractivity contribution < 1.29 is 43.7 Å². The van der Waals surface area contributed by atoms with Gasteiger partial charge in [-0.25, -0.2) is 4.79 Å². The quantitative estimate of drug-likeness (QED) is 0.108. The lowest BCUT2D eigenvalue weighted by molar-refractivity contribution is -0.160. The molecule has 14 nitrogen and oxygen atoms in total. The molecule has 1 rings (SSSR count). The van der Waals surface area contributed by atoms with Crippen molar-refractivity contribution in [2.24, 2.45) is 17.8 Å². The molecule has 0 bridgehead atoms. The fourth-order valence-corrected chi connectivity index (χ4v) is 6.09. The molecule has 5 amide bonds. The van der Waals surface area contributed by atoms with Gasteiger partial charge in [0.15, 0.2) is 0 Å². The normalized spacial score (nSPS) is 27.7. The van der Waals surface area contributed by atoms with E-state index in [1.165, 1.54) is 38.6 Å². The average molecular weight is 726 g/mol. The fraction of sp³-hybridized carbons (Fsp3) is 0.838. The Morgan fingerprint density at radius 1 is 0.745 bits per heavy atom. The minimum absolute atomic E-state index is 0.0106. The van der Waals surface area contributed by atoms with Crippen molar-refractivity contribution in [3.8, 4) is 0 Å². The van der Waals surface area contributed by atoms with Crippen LogP contribution in [0.15, 0.2) is 0 Å². The molecule has 1 heterocycles. The van der Waals surface area contributed by atoms with E-state index in [1.807, 2.05) is 20.8 Å². The number of cyclic esters (lactones) is 1. The number of carbonyl (C=O) groups is 6. The topological polar surface area (TPSA) is 203 Å². The maximum absolute atomic E-state index is 14.1. The summed E-state index contributed by atoms with van der Waals surface area (Å²) < 4.78 is 5.90. The summed E-state index contributed by atoms with van der Waals surface area (Å²) in [5.74, 6) is -5.66. The highest BCUT2D eigenvalue weighted by atomic mass is 16.5. The summed E-state index contributed by atoms with van der Waals surface area (Å²) in [6, 6.07) is -6.40. The summed E-state index contributed by atoms with van der Waals surface area (Å²) in [7, 11) is 1.52. The second-order valence-electron chi connectivity index (χ2n) is 14.7. The number of ether oxygens (including phenoxy) is 1. The van der Waals surface area contributed by atoms with Crippen LogP contribution in [0, 0.1) is 17.8 Å². The smallest absolute Gasteiger partial charge is 0.328 e. The van der Waals surface area contributed by atoms with Crippen molar-refractivity contribution in [2.75, 3.05) is 13.7 Å². The highest BCUT2D eigenvalue weighted by molar-refractivity contribution is 5.96. The first-order valence-electron chi connectivity index (χ1n) is 19.0. The Balaban J connectivity index is 3.58. The number of likely N-dealkylation sites (N-methyl/N-ethyl adjacent to an activating group) is 1. The predicted octanol–water partition coefficient (Wildman–Crippen LogP) is 2.33. The van der Waals surface area contributed by atoms with E-state index in [4.69, 9.17) is 4.74 Å². The third-order valence-corrected chi connectivity index (χ3v) is 9.75. The molecule has 9 atom stereocenters. The molecule has 0 aromatic rings. The lowest BCUT2D eigenvalue weighted by atomic mass is 9.94. The SMILES string of the molecule is CCCCCCCCCC[C@H]1OC(=O)[C@H](C)NC(=O)[C@H]([C@H](C)O)NC(=O)[C@H](CO)NC(=O)[C@H]([C@@H](C)CC)NC(=O)[C@H](CC(C)C)N(C)C(=O)[C@@H]1C. The first kappa shape index (κ1) is 45.8. The van der Waals surface area contributed by atoms with Gasteiger partial charge in [-0.1, -0.05) is 92.9 Å². The number of rotatable bonds is 15. The number of aliphatic hydroxyl groups excluding tert-OH is 2. The Labute approximate surface area is 305 Å². The van der Waals surface area contributed by atoms with Crippen molar-refractivity contribution >= 4 is 35.5 Å². The number of nitrogens with zero attached hydrogens (tertiary/aromatic N) is 1. The Hall–Kier alpha value is -3.26. The van der Waals surface area contributed by atoms with E-state index >= 15 is 0 Å². The van der Waals surface area contributed by atoms with Gasteiger partial charge < -0.3 is 41.1 Å². The molecule has 0 aromatic heterocycles. The largest absolute Gasteiger partial charge is 0.460 e. The van der Waals surface area contributed by atoms with Gasteiger partial charge >= 0.3 is 5.97 Å². The van der Waals surface area contributed by atoms with Crippen LogP contribution >= 0.6 is 0 Å². The molecule has 1 aliphatic rings. The number of carbonyl (C=O) groups excluding carboxylic acids is 6. The maximum Gasteiger partial charge on any atom is 0.328 e. The fourth-order valence-electron chi connectivity index (χ4n) is 6.09. The number of aliphatic hydroxyl groups is 2. The molecule has 6 N–H and O–H groups in total. The van der Waals surface area contributed by atoms with Gasteiger partial charge in [0.1, 0.15) is 36.3 Å². The third kappa shape index (κ3) is 15.1. The molecule has 0 aliphatic carbocycles. The monoisotopic (exact) mass is 725 g/mol. The molecule has 51 heavy (non-hydrogen) atoms. The minimum atomic E-state index is -1.55. The summed E-state index contributed by atoms with van der Waals surface area (Å²) in [6.07, 6.45) is 7.22. The van der Waals surface area contributed by atoms with E-state index in [0.29, 0.717) is 19.3 Å². The number of unbranched alkanes of at least 4 members (excludes halogenated alkanes) is 7. The van der Waals surface area contributed by atoms with Gasteiger partial charge in [0.2, 0.25) is 29.5 Å². The summed E-state index contributed by atoms with van der Waals surface area (Å²) in [5.41, 5.74) is 0. The second-order valence-corrected chi connectivity index (χ2v) is 14.7. The van der Waals surface area contributed by atoms with Crippen molar-refractivity contribution in [1.29, 1.82) is 0 Å². The molecule has 1 fully saturated rings. The molecule has 14 heteroatoms. The number of nitrogens with one attached hydrogen (secondary N) is 4. The molecule has 0 unspecified atom stereocenters. The first-order chi connectivity index (χ1) is 24.0. The third-order valence-electron chi connectivity index (χ3n) is 9.75. The number of esters is 1. The first-order valence-corrected chi connectivity index (χ1v) is 19.0. The molecule has 1 saturated heterocycles. The van der Waals surface area contributed by atoms with Crippen molar-refractivity contribution in [1.82, 2.24) is 26.2 Å². The highest BCUT2D eigenvalue weighted by Gasteiger charge is 2.39. The lowest BCUT2D eigenvalue weighted by Gasteiger charge is -2.34. The van der Waals surface area contributed by atoms with Crippen LogP contribution in [-0.4, -0.2) is 107 Å². The average Bonchev–Trinajstić information content (AvgIpc) is 3.08. The van der Waals surface area contributed by atoms with Gasteiger partial charge in [0, 0.05) is 7.05 Å². The van der Waals surface area contributed by atoms with Crippen molar-refractivity contribution in [2.45, 2.75) is 168 Å². The molecule has 0 radical (unpaired) electrons. The molecule has 0 saturated carbocycles. The number of amides is 5. The minimum Gasteiger partial charge on any atom is -0.460 e. The van der Waals surface area contributed by atoms with Crippen molar-refractivity contribution in [3.63, 3.8) is 0 Å². The molecule has 1 aliphatic heterocycles. The van der Waals surface area contributed by atoms with E-state index in [1.54, 1.807) is 13.8 Å². The highest BCUT2D eigenvalue weighted by Crippen LogP contribution is 2.23. The standard InChI is InChI=1S/C37H67N5O9/c1-10-12-13-14-15-16-17-18-19-29-24(6)36(49)42(9)28(20-22(3)4)33(46)40-30(23(5)11-2)34(47)39-27(21-43)32(45)41-31(26(8)44)35(48)38-25(7)37(50)51-29/h22-31,43-44H,10-21H2,1-9H3,(H,38,48)(H,39,47)(H,40,46)(H,41,45)/t23-,24+,25-,26-,27-,28-,29+,30-,31-/m0/s1. The van der Waals surface area contributed by atoms with Crippen LogP contribution in [0.1, 0.15) is 126 Å². The van der Waals surface area contributed by atoms with Crippen LogP contribution in [0.4, 0.5) is 0 Å². The van der Waals surface area contributed by atoms with Crippen LogP contribution in [0.5, 0.6) is 0 Å². The van der Waals surface area contributed by atoms with Gasteiger partial charge in [0.25, 0.3) is 0 Å². The zero-order valence-corrected chi connectivity index (χ0v) is 32.5. The van der Waals surface area contributed by atoms with Gasteiger partial charge in [-0.15, -0.1) is 0 Å². The van der Waals surface area contributed by atoms with Gasteiger partial charge in [-0.2, -0.15) is 0 Å². The van der Waals surface area contributed by atoms with Crippen molar-refractivity contribution in [3.05, 3.63) is 0 Å². The van der Waals surface area contributed by atoms with E-state index in [2.05, 4.69) is 28.2 Å². The molecule has 294 valence electrons. The Bertz CT molecular complexity index is 1130. The van der Waals surface area contributed by atoms with Gasteiger partial charge in [0.05, 0.1) is 18.6 Å². The summed E-state index contributed by atoms with van der Waals surface area (Å²) in [5, 5.41) is 30.5. The van der Waals surface area contributed by atoms with E-state index in [0.717, 1.165) is 32.1 Å².